The summed E-state index contributed by atoms with van der Waals surface area (Å²) in [5.74, 6) is -1.61. The number of rotatable bonds is 8. The average molecular weight is 324 g/mol. The summed E-state index contributed by atoms with van der Waals surface area (Å²) in [5, 5.41) is 0. The Morgan fingerprint density at radius 1 is 1.24 bits per heavy atom. The van der Waals surface area contributed by atoms with Gasteiger partial charge in [0.2, 0.25) is 0 Å². The molecule has 1 N–H and O–H groups in total. The van der Waals surface area contributed by atoms with Crippen LogP contribution >= 0.6 is 0 Å². The summed E-state index contributed by atoms with van der Waals surface area (Å²) < 4.78 is 34.1. The van der Waals surface area contributed by atoms with E-state index in [2.05, 4.69) is 11.1 Å². The van der Waals surface area contributed by atoms with E-state index < -0.39 is 22.3 Å². The second-order valence-corrected chi connectivity index (χ2v) is 5.66. The van der Waals surface area contributed by atoms with E-state index in [1.54, 1.807) is 24.3 Å². The molecule has 0 saturated heterocycles. The monoisotopic (exact) mass is 324 g/mol. The molecule has 0 spiro atoms. The smallest absolute Gasteiger partial charge is 1.00 e. The molecule has 1 aromatic carbocycles. The topological polar surface area (TPSA) is 80.7 Å². The quantitative estimate of drug-likeness (QED) is 0.420. The van der Waals surface area contributed by atoms with E-state index >= 15 is 0 Å². The molecule has 0 fully saturated rings. The maximum absolute atomic E-state index is 11.9. The summed E-state index contributed by atoms with van der Waals surface area (Å²) in [4.78, 5) is 11.9. The summed E-state index contributed by atoms with van der Waals surface area (Å²) in [5.41, 5.74) is 0.692. The van der Waals surface area contributed by atoms with E-state index in [4.69, 9.17) is 4.55 Å². The second kappa shape index (κ2) is 10.3. The minimum Gasteiger partial charge on any atom is -1.00 e. The van der Waals surface area contributed by atoms with Gasteiger partial charge in [0.25, 0.3) is 0 Å². The van der Waals surface area contributed by atoms with Crippen molar-refractivity contribution < 1.29 is 52.9 Å². The number of benzene rings is 1. The van der Waals surface area contributed by atoms with Crippen LogP contribution in [0.15, 0.2) is 30.3 Å². The number of hydrogen-bond acceptors (Lipinski definition) is 4. The van der Waals surface area contributed by atoms with Crippen LogP contribution in [0.3, 0.4) is 0 Å². The molecule has 5 nitrogen and oxygen atoms in total. The van der Waals surface area contributed by atoms with Crippen molar-refractivity contribution in [2.75, 3.05) is 0 Å². The fourth-order valence-electron chi connectivity index (χ4n) is 2.04. The van der Waals surface area contributed by atoms with Crippen LogP contribution in [0.1, 0.15) is 51.9 Å². The normalized spacial score (nSPS) is 12.3. The van der Waals surface area contributed by atoms with Crippen molar-refractivity contribution in [2.45, 2.75) is 44.9 Å². The van der Waals surface area contributed by atoms with Gasteiger partial charge in [-0.15, -0.1) is 0 Å². The van der Waals surface area contributed by atoms with Gasteiger partial charge < -0.3 is 5.61 Å². The molecule has 0 saturated carbocycles. The third-order valence-electron chi connectivity index (χ3n) is 3.02. The Bertz CT molecular complexity index is 521. The first-order chi connectivity index (χ1) is 9.44. The number of unbranched alkanes of at least 4 members (excludes halogenated alkanes) is 3. The molecule has 0 amide bonds. The van der Waals surface area contributed by atoms with Gasteiger partial charge in [-0.25, -0.2) is 0 Å². The van der Waals surface area contributed by atoms with Gasteiger partial charge in [0.05, 0.1) is 5.92 Å². The van der Waals surface area contributed by atoms with Gasteiger partial charge >= 0.3 is 45.9 Å². The summed E-state index contributed by atoms with van der Waals surface area (Å²) in [7, 11) is -4.76. The zero-order valence-electron chi connectivity index (χ0n) is 13.5. The molecule has 114 valence electrons. The van der Waals surface area contributed by atoms with Crippen molar-refractivity contribution in [1.82, 2.24) is 0 Å². The minimum absolute atomic E-state index is 0. The summed E-state index contributed by atoms with van der Waals surface area (Å²) >= 11 is 0. The zero-order valence-corrected chi connectivity index (χ0v) is 15.3. The minimum atomic E-state index is -4.76. The summed E-state index contributed by atoms with van der Waals surface area (Å²) in [6.07, 6.45) is 4.41. The van der Waals surface area contributed by atoms with Crippen LogP contribution in [0.2, 0.25) is 0 Å². The van der Waals surface area contributed by atoms with Gasteiger partial charge in [0.15, 0.2) is 0 Å². The molecule has 1 atom stereocenters. The fraction of sp³-hybridized carbons (Fsp3) is 0.500. The second-order valence-electron chi connectivity index (χ2n) is 4.64. The van der Waals surface area contributed by atoms with Crippen LogP contribution in [-0.2, 0) is 19.4 Å². The van der Waals surface area contributed by atoms with Crippen LogP contribution in [0.25, 0.3) is 0 Å². The molecular formula is C14H21NaO5S. The molecule has 0 aliphatic carbocycles. The largest absolute Gasteiger partial charge is 1.00 e. The molecule has 7 heteroatoms. The Balaban J connectivity index is 0. The Kier molecular flexibility index (Phi) is 10.1. The van der Waals surface area contributed by atoms with Crippen molar-refractivity contribution in [1.29, 1.82) is 0 Å². The number of carbonyl (C=O) groups is 1. The van der Waals surface area contributed by atoms with Gasteiger partial charge in [-0.1, -0.05) is 62.9 Å². The maximum Gasteiger partial charge on any atom is 1.00 e. The summed E-state index contributed by atoms with van der Waals surface area (Å²) in [6.45, 7) is 2.08. The zero-order chi connectivity index (χ0) is 15.0. The summed E-state index contributed by atoms with van der Waals surface area (Å²) in [6, 6.07) is 8.85. The van der Waals surface area contributed by atoms with Crippen LogP contribution in [0.4, 0.5) is 0 Å². The fourth-order valence-corrected chi connectivity index (χ4v) is 2.37. The number of carbonyl (C=O) groups excluding carboxylic acids is 1. The molecule has 0 aromatic heterocycles. The first-order valence-corrected chi connectivity index (χ1v) is 8.06. The van der Waals surface area contributed by atoms with Crippen LogP contribution in [-0.4, -0.2) is 18.9 Å². The Hall–Kier alpha value is -0.400. The predicted octanol–water partition coefficient (Wildman–Crippen LogP) is 0.203. The Morgan fingerprint density at radius 3 is 2.38 bits per heavy atom. The molecule has 21 heavy (non-hydrogen) atoms. The Labute approximate surface area is 149 Å². The molecule has 1 aromatic rings. The van der Waals surface area contributed by atoms with Crippen molar-refractivity contribution in [2.24, 2.45) is 0 Å². The number of hydrogen-bond donors (Lipinski definition) is 1. The molecule has 0 bridgehead atoms. The van der Waals surface area contributed by atoms with E-state index in [1.165, 1.54) is 0 Å². The van der Waals surface area contributed by atoms with Crippen molar-refractivity contribution in [3.63, 3.8) is 0 Å². The van der Waals surface area contributed by atoms with Crippen LogP contribution in [0.5, 0.6) is 0 Å². The standard InChI is InChI=1S/C14H20O5S.Na.H/c1-2-3-4-8-11-13(12-9-6-5-7-10-12)14(15)19-20(16,17)18;;/h5-7,9-10,13H,2-4,8,11H2,1H3,(H,16,17,18);;/q;+1;-1. The molecular weight excluding hydrogens is 303 g/mol. The van der Waals surface area contributed by atoms with Gasteiger partial charge in [-0.2, -0.15) is 8.42 Å². The third-order valence-corrected chi connectivity index (χ3v) is 3.40. The van der Waals surface area contributed by atoms with E-state index in [9.17, 15) is 13.2 Å². The SMILES string of the molecule is CCCCCCC(C(=O)OS(=O)(=O)O)c1ccccc1.[H-].[Na+]. The first kappa shape index (κ1) is 20.6. The van der Waals surface area contributed by atoms with Crippen LogP contribution in [0, 0.1) is 0 Å². The third kappa shape index (κ3) is 8.58. The molecule has 0 heterocycles. The van der Waals surface area contributed by atoms with E-state index in [0.29, 0.717) is 12.0 Å². The van der Waals surface area contributed by atoms with Gasteiger partial charge in [-0.3, -0.25) is 9.35 Å². The van der Waals surface area contributed by atoms with Crippen LogP contribution < -0.4 is 29.6 Å². The molecule has 1 unspecified atom stereocenters. The van der Waals surface area contributed by atoms with Crippen molar-refractivity contribution in [3.05, 3.63) is 35.9 Å². The van der Waals surface area contributed by atoms with Gasteiger partial charge in [0, 0.05) is 0 Å². The predicted molar refractivity (Wildman–Crippen MR) is 76.7 cm³/mol. The van der Waals surface area contributed by atoms with E-state index in [1.807, 2.05) is 6.07 Å². The molecule has 0 radical (unpaired) electrons. The van der Waals surface area contributed by atoms with Gasteiger partial charge in [-0.05, 0) is 12.0 Å². The molecule has 1 rings (SSSR count). The Morgan fingerprint density at radius 2 is 1.86 bits per heavy atom. The van der Waals surface area contributed by atoms with E-state index in [0.717, 1.165) is 25.7 Å². The van der Waals surface area contributed by atoms with E-state index in [-0.39, 0.29) is 31.0 Å². The maximum atomic E-state index is 11.9. The average Bonchev–Trinajstić information content (AvgIpc) is 2.37. The van der Waals surface area contributed by atoms with Gasteiger partial charge in [0.1, 0.15) is 0 Å². The molecule has 0 aliphatic rings. The van der Waals surface area contributed by atoms with Crippen molar-refractivity contribution >= 4 is 16.4 Å². The molecule has 0 aliphatic heterocycles. The van der Waals surface area contributed by atoms with Crippen molar-refractivity contribution in [3.8, 4) is 0 Å². The first-order valence-electron chi connectivity index (χ1n) is 6.69.